The van der Waals surface area contributed by atoms with Crippen LogP contribution in [0.15, 0.2) is 65.3 Å². The van der Waals surface area contributed by atoms with E-state index >= 15 is 0 Å². The fourth-order valence-corrected chi connectivity index (χ4v) is 4.35. The fourth-order valence-electron chi connectivity index (χ4n) is 2.72. The summed E-state index contributed by atoms with van der Waals surface area (Å²) in [5.41, 5.74) is 1.75. The van der Waals surface area contributed by atoms with Gasteiger partial charge in [-0.3, -0.25) is 10.0 Å². The number of benzene rings is 2. The van der Waals surface area contributed by atoms with Crippen LogP contribution in [0.3, 0.4) is 0 Å². The number of hydrogen-bond donors (Lipinski definition) is 1. The van der Waals surface area contributed by atoms with Gasteiger partial charge in [0.1, 0.15) is 5.58 Å². The minimum Gasteiger partial charge on any atom is -0.464 e. The Morgan fingerprint density at radius 1 is 1.12 bits per heavy atom. The Bertz CT molecular complexity index is 965. The predicted molar refractivity (Wildman–Crippen MR) is 92.6 cm³/mol. The molecule has 0 bridgehead atoms. The number of nitrogens with zero attached hydrogens (tertiary/aromatic N) is 1. The molecule has 1 atom stereocenters. The summed E-state index contributed by atoms with van der Waals surface area (Å²) in [6.45, 7) is 0. The lowest BCUT2D eigenvalue weighted by Gasteiger charge is -2.22. The van der Waals surface area contributed by atoms with Crippen molar-refractivity contribution in [1.82, 2.24) is 5.06 Å². The molecule has 0 aliphatic rings. The summed E-state index contributed by atoms with van der Waals surface area (Å²) in [7, 11) is -3.59. The molecular weight excluding hydrogens is 342 g/mol. The van der Waals surface area contributed by atoms with Crippen LogP contribution < -0.4 is 0 Å². The van der Waals surface area contributed by atoms with Crippen LogP contribution >= 0.6 is 0 Å². The van der Waals surface area contributed by atoms with Crippen LogP contribution in [0.25, 0.3) is 11.0 Å². The van der Waals surface area contributed by atoms with E-state index in [0.717, 1.165) is 5.39 Å². The fraction of sp³-hybridized carbons (Fsp3) is 0.167. The molecule has 0 saturated heterocycles. The number of rotatable bonds is 7. The SMILES string of the molecule is O=CN(O)[C@H](CS(=O)(=O)Cc1ccc2ccoc2c1)c1ccccc1. The van der Waals surface area contributed by atoms with Gasteiger partial charge in [0.05, 0.1) is 23.8 Å². The molecule has 0 spiro atoms. The Hall–Kier alpha value is -2.64. The monoisotopic (exact) mass is 359 g/mol. The Balaban J connectivity index is 1.83. The second kappa shape index (κ2) is 7.08. The third-order valence-electron chi connectivity index (χ3n) is 3.93. The molecular formula is C18H17NO5S. The Morgan fingerprint density at radius 3 is 2.60 bits per heavy atom. The first kappa shape index (κ1) is 17.2. The van der Waals surface area contributed by atoms with Gasteiger partial charge in [0.15, 0.2) is 9.84 Å². The van der Waals surface area contributed by atoms with Crippen LogP contribution in [0.5, 0.6) is 0 Å². The first-order valence-corrected chi connectivity index (χ1v) is 9.45. The van der Waals surface area contributed by atoms with Gasteiger partial charge in [-0.05, 0) is 23.3 Å². The van der Waals surface area contributed by atoms with Crippen LogP contribution in [-0.2, 0) is 20.4 Å². The lowest BCUT2D eigenvalue weighted by molar-refractivity contribution is -0.158. The van der Waals surface area contributed by atoms with Gasteiger partial charge >= 0.3 is 0 Å². The minimum absolute atomic E-state index is 0.209. The molecule has 1 aromatic heterocycles. The molecule has 3 aromatic rings. The quantitative estimate of drug-likeness (QED) is 0.398. The van der Waals surface area contributed by atoms with Crippen molar-refractivity contribution in [3.8, 4) is 0 Å². The van der Waals surface area contributed by atoms with E-state index in [4.69, 9.17) is 4.42 Å². The lowest BCUT2D eigenvalue weighted by atomic mass is 10.1. The highest BCUT2D eigenvalue weighted by Crippen LogP contribution is 2.23. The van der Waals surface area contributed by atoms with E-state index in [1.54, 1.807) is 60.9 Å². The van der Waals surface area contributed by atoms with Crippen molar-refractivity contribution >= 4 is 27.2 Å². The van der Waals surface area contributed by atoms with Crippen molar-refractivity contribution in [2.24, 2.45) is 0 Å². The normalized spacial score (nSPS) is 12.8. The number of hydroxylamine groups is 2. The van der Waals surface area contributed by atoms with Crippen molar-refractivity contribution in [1.29, 1.82) is 0 Å². The predicted octanol–water partition coefficient (Wildman–Crippen LogP) is 2.94. The zero-order chi connectivity index (χ0) is 17.9. The topological polar surface area (TPSA) is 87.8 Å². The summed E-state index contributed by atoms with van der Waals surface area (Å²) < 4.78 is 30.5. The van der Waals surface area contributed by atoms with Gasteiger partial charge < -0.3 is 4.42 Å². The van der Waals surface area contributed by atoms with Gasteiger partial charge in [0, 0.05) is 5.39 Å². The van der Waals surface area contributed by atoms with E-state index in [9.17, 15) is 18.4 Å². The third kappa shape index (κ3) is 4.07. The molecule has 130 valence electrons. The van der Waals surface area contributed by atoms with Crippen molar-refractivity contribution in [3.63, 3.8) is 0 Å². The van der Waals surface area contributed by atoms with E-state index in [2.05, 4.69) is 0 Å². The van der Waals surface area contributed by atoms with Gasteiger partial charge in [-0.2, -0.15) is 0 Å². The summed E-state index contributed by atoms with van der Waals surface area (Å²) in [4.78, 5) is 10.9. The zero-order valence-electron chi connectivity index (χ0n) is 13.3. The smallest absolute Gasteiger partial charge is 0.233 e. The van der Waals surface area contributed by atoms with Crippen molar-refractivity contribution in [2.75, 3.05) is 5.75 Å². The number of furan rings is 1. The van der Waals surface area contributed by atoms with Gasteiger partial charge in [-0.1, -0.05) is 42.5 Å². The molecule has 0 aliphatic heterocycles. The summed E-state index contributed by atoms with van der Waals surface area (Å²) in [5, 5.41) is 11.1. The standard InChI is InChI=1S/C18H17NO5S/c20-13-19(21)17(15-4-2-1-3-5-15)12-25(22,23)11-14-6-7-16-8-9-24-18(16)10-14/h1-10,13,17,21H,11-12H2/t17-/m1/s1. The van der Waals surface area contributed by atoms with Crippen LogP contribution in [0.2, 0.25) is 0 Å². The molecule has 1 amide bonds. The maximum absolute atomic E-state index is 12.6. The van der Waals surface area contributed by atoms with E-state index in [-0.39, 0.29) is 17.9 Å². The van der Waals surface area contributed by atoms with Gasteiger partial charge in [-0.25, -0.2) is 13.5 Å². The second-order valence-electron chi connectivity index (χ2n) is 5.76. The molecule has 1 N–H and O–H groups in total. The number of sulfone groups is 1. The van der Waals surface area contributed by atoms with Gasteiger partial charge in [0.25, 0.3) is 0 Å². The Kier molecular flexibility index (Phi) is 4.87. The first-order chi connectivity index (χ1) is 12.0. The van der Waals surface area contributed by atoms with Gasteiger partial charge in [0.2, 0.25) is 6.41 Å². The Labute approximate surface area is 145 Å². The molecule has 7 heteroatoms. The molecule has 25 heavy (non-hydrogen) atoms. The highest BCUT2D eigenvalue weighted by molar-refractivity contribution is 7.90. The van der Waals surface area contributed by atoms with Gasteiger partial charge in [-0.15, -0.1) is 0 Å². The molecule has 0 fully saturated rings. The lowest BCUT2D eigenvalue weighted by Crippen LogP contribution is -2.30. The van der Waals surface area contributed by atoms with Crippen LogP contribution in [0.4, 0.5) is 0 Å². The number of amides is 1. The molecule has 0 radical (unpaired) electrons. The van der Waals surface area contributed by atoms with Crippen LogP contribution in [0.1, 0.15) is 17.2 Å². The van der Waals surface area contributed by atoms with Crippen LogP contribution in [0, 0.1) is 0 Å². The molecule has 2 aromatic carbocycles. The zero-order valence-corrected chi connectivity index (χ0v) is 14.1. The number of hydrogen-bond acceptors (Lipinski definition) is 5. The number of carbonyl (C=O) groups is 1. The highest BCUT2D eigenvalue weighted by Gasteiger charge is 2.25. The molecule has 0 aliphatic carbocycles. The Morgan fingerprint density at radius 2 is 1.88 bits per heavy atom. The molecule has 1 heterocycles. The van der Waals surface area contributed by atoms with E-state index in [1.165, 1.54) is 0 Å². The molecule has 0 unspecified atom stereocenters. The maximum Gasteiger partial charge on any atom is 0.233 e. The van der Waals surface area contributed by atoms with E-state index < -0.39 is 15.9 Å². The van der Waals surface area contributed by atoms with Crippen molar-refractivity contribution < 1.29 is 22.8 Å². The summed E-state index contributed by atoms with van der Waals surface area (Å²) in [6.07, 6.45) is 1.75. The number of carbonyl (C=O) groups excluding carboxylic acids is 1. The van der Waals surface area contributed by atoms with E-state index in [0.29, 0.717) is 21.8 Å². The number of fused-ring (bicyclic) bond motifs is 1. The maximum atomic E-state index is 12.6. The average Bonchev–Trinajstić information content (AvgIpc) is 3.07. The van der Waals surface area contributed by atoms with Crippen LogP contribution in [-0.4, -0.2) is 30.9 Å². The largest absolute Gasteiger partial charge is 0.464 e. The van der Waals surface area contributed by atoms with E-state index in [1.807, 2.05) is 0 Å². The third-order valence-corrected chi connectivity index (χ3v) is 5.53. The first-order valence-electron chi connectivity index (χ1n) is 7.62. The average molecular weight is 359 g/mol. The molecule has 6 nitrogen and oxygen atoms in total. The highest BCUT2D eigenvalue weighted by atomic mass is 32.2. The minimum atomic E-state index is -3.59. The summed E-state index contributed by atoms with van der Waals surface area (Å²) in [6, 6.07) is 14.6. The molecule has 3 rings (SSSR count). The summed E-state index contributed by atoms with van der Waals surface area (Å²) >= 11 is 0. The second-order valence-corrected chi connectivity index (χ2v) is 7.87. The van der Waals surface area contributed by atoms with Crippen molar-refractivity contribution in [2.45, 2.75) is 11.8 Å². The molecule has 0 saturated carbocycles. The van der Waals surface area contributed by atoms with Crippen molar-refractivity contribution in [3.05, 3.63) is 72.0 Å². The summed E-state index contributed by atoms with van der Waals surface area (Å²) in [5.74, 6) is -0.595.